The Morgan fingerprint density at radius 2 is 1.73 bits per heavy atom. The molecule has 0 unspecified atom stereocenters. The van der Waals surface area contributed by atoms with Crippen LogP contribution in [0.2, 0.25) is 0 Å². The van der Waals surface area contributed by atoms with Gasteiger partial charge in [-0.3, -0.25) is 0 Å². The third kappa shape index (κ3) is 1.55. The van der Waals surface area contributed by atoms with Gasteiger partial charge in [0.25, 0.3) is 0 Å². The predicted octanol–water partition coefficient (Wildman–Crippen LogP) is 0.282. The monoisotopic (exact) mass is 157 g/mol. The van der Waals surface area contributed by atoms with E-state index in [0.29, 0.717) is 12.1 Å². The minimum Gasteiger partial charge on any atom is -0.373 e. The average molecular weight is 157 g/mol. The van der Waals surface area contributed by atoms with Gasteiger partial charge in [0.05, 0.1) is 25.4 Å². The molecule has 1 saturated heterocycles. The average Bonchev–Trinajstić information content (AvgIpc) is 2.04. The molecule has 2 aliphatic rings. The first-order valence-corrected chi connectivity index (χ1v) is 4.35. The molecule has 0 bridgehead atoms. The third-order valence-corrected chi connectivity index (χ3v) is 2.52. The van der Waals surface area contributed by atoms with E-state index in [1.807, 2.05) is 0 Å². The molecule has 64 valence electrons. The van der Waals surface area contributed by atoms with Crippen LogP contribution in [0.15, 0.2) is 0 Å². The molecule has 11 heavy (non-hydrogen) atoms. The number of fused-ring (bicyclic) bond motifs is 1. The van der Waals surface area contributed by atoms with Gasteiger partial charge in [-0.25, -0.2) is 0 Å². The fourth-order valence-electron chi connectivity index (χ4n) is 1.90. The van der Waals surface area contributed by atoms with E-state index < -0.39 is 0 Å². The fraction of sp³-hybridized carbons (Fsp3) is 1.00. The fourth-order valence-corrected chi connectivity index (χ4v) is 1.90. The van der Waals surface area contributed by atoms with E-state index >= 15 is 0 Å². The van der Waals surface area contributed by atoms with Crippen LogP contribution in [-0.2, 0) is 9.47 Å². The zero-order valence-electron chi connectivity index (χ0n) is 6.66. The van der Waals surface area contributed by atoms with Crippen LogP contribution in [0.3, 0.4) is 0 Å². The second-order valence-corrected chi connectivity index (χ2v) is 3.39. The molecule has 1 aliphatic heterocycles. The van der Waals surface area contributed by atoms with Gasteiger partial charge in [0.1, 0.15) is 0 Å². The van der Waals surface area contributed by atoms with Crippen molar-refractivity contribution in [2.45, 2.75) is 37.5 Å². The van der Waals surface area contributed by atoms with E-state index in [2.05, 4.69) is 0 Å². The Bertz CT molecular complexity index is 140. The van der Waals surface area contributed by atoms with E-state index in [1.54, 1.807) is 0 Å². The van der Waals surface area contributed by atoms with Gasteiger partial charge in [0.15, 0.2) is 0 Å². The molecule has 0 spiro atoms. The van der Waals surface area contributed by atoms with Gasteiger partial charge in [0, 0.05) is 6.04 Å². The summed E-state index contributed by atoms with van der Waals surface area (Å²) >= 11 is 0. The van der Waals surface area contributed by atoms with Crippen LogP contribution in [0.1, 0.15) is 19.3 Å². The standard InChI is InChI=1S/C8H15NO2/c9-6-1-2-7-8(5-6)11-4-3-10-7/h6-8H,1-5,9H2/t6-,7-,8+/m1/s1. The highest BCUT2D eigenvalue weighted by molar-refractivity contribution is 4.84. The minimum absolute atomic E-state index is 0.285. The van der Waals surface area contributed by atoms with Crippen LogP contribution in [-0.4, -0.2) is 31.5 Å². The quantitative estimate of drug-likeness (QED) is 0.549. The normalized spacial score (nSPS) is 45.0. The van der Waals surface area contributed by atoms with Crippen LogP contribution in [0, 0.1) is 0 Å². The molecular formula is C8H15NO2. The summed E-state index contributed by atoms with van der Waals surface area (Å²) < 4.78 is 11.1. The summed E-state index contributed by atoms with van der Waals surface area (Å²) in [7, 11) is 0. The van der Waals surface area contributed by atoms with Crippen molar-refractivity contribution in [3.05, 3.63) is 0 Å². The van der Waals surface area contributed by atoms with Crippen molar-refractivity contribution in [1.29, 1.82) is 0 Å². The molecule has 0 aromatic heterocycles. The highest BCUT2D eigenvalue weighted by Gasteiger charge is 2.32. The van der Waals surface area contributed by atoms with Crippen LogP contribution >= 0.6 is 0 Å². The van der Waals surface area contributed by atoms with Gasteiger partial charge in [0.2, 0.25) is 0 Å². The van der Waals surface area contributed by atoms with Crippen molar-refractivity contribution < 1.29 is 9.47 Å². The van der Waals surface area contributed by atoms with Crippen molar-refractivity contribution in [2.24, 2.45) is 5.73 Å². The van der Waals surface area contributed by atoms with E-state index in [0.717, 1.165) is 32.5 Å². The Morgan fingerprint density at radius 3 is 2.55 bits per heavy atom. The Kier molecular flexibility index (Phi) is 2.11. The molecule has 1 saturated carbocycles. The number of nitrogens with two attached hydrogens (primary N) is 1. The Morgan fingerprint density at radius 1 is 1.00 bits per heavy atom. The summed E-state index contributed by atoms with van der Waals surface area (Å²) in [5, 5.41) is 0. The predicted molar refractivity (Wildman–Crippen MR) is 41.3 cm³/mol. The topological polar surface area (TPSA) is 44.5 Å². The van der Waals surface area contributed by atoms with E-state index in [-0.39, 0.29) is 6.10 Å². The maximum atomic E-state index is 5.81. The van der Waals surface area contributed by atoms with Gasteiger partial charge >= 0.3 is 0 Å². The lowest BCUT2D eigenvalue weighted by Crippen LogP contribution is -2.46. The van der Waals surface area contributed by atoms with Gasteiger partial charge in [-0.2, -0.15) is 0 Å². The first kappa shape index (κ1) is 7.53. The third-order valence-electron chi connectivity index (χ3n) is 2.52. The molecule has 0 radical (unpaired) electrons. The highest BCUT2D eigenvalue weighted by Crippen LogP contribution is 2.25. The van der Waals surface area contributed by atoms with Crippen LogP contribution in [0.5, 0.6) is 0 Å². The van der Waals surface area contributed by atoms with Crippen molar-refractivity contribution >= 4 is 0 Å². The van der Waals surface area contributed by atoms with Crippen molar-refractivity contribution in [2.75, 3.05) is 13.2 Å². The summed E-state index contributed by atoms with van der Waals surface area (Å²) in [6, 6.07) is 0.331. The van der Waals surface area contributed by atoms with Gasteiger partial charge < -0.3 is 15.2 Å². The molecule has 1 aliphatic carbocycles. The SMILES string of the molecule is N[C@@H]1CC[C@H]2OCCO[C@H]2C1. The van der Waals surface area contributed by atoms with E-state index in [9.17, 15) is 0 Å². The molecule has 2 rings (SSSR count). The van der Waals surface area contributed by atoms with Crippen LogP contribution in [0.4, 0.5) is 0 Å². The zero-order chi connectivity index (χ0) is 7.68. The second-order valence-electron chi connectivity index (χ2n) is 3.39. The molecule has 3 heteroatoms. The summed E-state index contributed by atoms with van der Waals surface area (Å²) in [4.78, 5) is 0. The molecule has 0 amide bonds. The Labute approximate surface area is 66.8 Å². The van der Waals surface area contributed by atoms with Gasteiger partial charge in [-0.05, 0) is 19.3 Å². The maximum absolute atomic E-state index is 5.81. The molecular weight excluding hydrogens is 142 g/mol. The van der Waals surface area contributed by atoms with Crippen LogP contribution < -0.4 is 5.73 Å². The van der Waals surface area contributed by atoms with Crippen LogP contribution in [0.25, 0.3) is 0 Å². The molecule has 3 nitrogen and oxygen atoms in total. The molecule has 1 heterocycles. The van der Waals surface area contributed by atoms with Crippen molar-refractivity contribution in [3.8, 4) is 0 Å². The lowest BCUT2D eigenvalue weighted by atomic mass is 9.90. The number of ether oxygens (including phenoxy) is 2. The Hall–Kier alpha value is -0.120. The van der Waals surface area contributed by atoms with Gasteiger partial charge in [-0.15, -0.1) is 0 Å². The first-order valence-electron chi connectivity index (χ1n) is 4.35. The minimum atomic E-state index is 0.285. The highest BCUT2D eigenvalue weighted by atomic mass is 16.6. The molecule has 0 aromatic rings. The number of hydrogen-bond acceptors (Lipinski definition) is 3. The first-order chi connectivity index (χ1) is 5.36. The zero-order valence-corrected chi connectivity index (χ0v) is 6.66. The van der Waals surface area contributed by atoms with E-state index in [1.165, 1.54) is 0 Å². The lowest BCUT2D eigenvalue weighted by Gasteiger charge is -2.37. The van der Waals surface area contributed by atoms with Crippen molar-refractivity contribution in [1.82, 2.24) is 0 Å². The largest absolute Gasteiger partial charge is 0.373 e. The lowest BCUT2D eigenvalue weighted by molar-refractivity contribution is -0.156. The smallest absolute Gasteiger partial charge is 0.0852 e. The Balaban J connectivity index is 1.93. The maximum Gasteiger partial charge on any atom is 0.0852 e. The van der Waals surface area contributed by atoms with Gasteiger partial charge in [-0.1, -0.05) is 0 Å². The summed E-state index contributed by atoms with van der Waals surface area (Å²) in [6.45, 7) is 1.50. The summed E-state index contributed by atoms with van der Waals surface area (Å²) in [5.74, 6) is 0. The molecule has 2 N–H and O–H groups in total. The second kappa shape index (κ2) is 3.09. The summed E-state index contributed by atoms with van der Waals surface area (Å²) in [6.07, 6.45) is 3.76. The molecule has 2 fully saturated rings. The number of hydrogen-bond donors (Lipinski definition) is 1. The molecule has 0 aromatic carbocycles. The number of rotatable bonds is 0. The molecule has 3 atom stereocenters. The summed E-state index contributed by atoms with van der Waals surface area (Å²) in [5.41, 5.74) is 5.81. The van der Waals surface area contributed by atoms with E-state index in [4.69, 9.17) is 15.2 Å². The van der Waals surface area contributed by atoms with Crippen molar-refractivity contribution in [3.63, 3.8) is 0 Å².